The number of amides is 1. The minimum Gasteiger partial charge on any atom is -0.396 e. The second kappa shape index (κ2) is 9.46. The van der Waals surface area contributed by atoms with Crippen molar-refractivity contribution in [1.82, 2.24) is 4.90 Å². The molecule has 1 N–H and O–H groups in total. The first-order valence-corrected chi connectivity index (χ1v) is 6.97. The maximum absolute atomic E-state index is 12.2. The average molecular weight is 243 g/mol. The van der Waals surface area contributed by atoms with E-state index in [2.05, 4.69) is 27.7 Å². The molecule has 0 aliphatic rings. The fourth-order valence-corrected chi connectivity index (χ4v) is 2.11. The van der Waals surface area contributed by atoms with Crippen molar-refractivity contribution >= 4 is 5.91 Å². The largest absolute Gasteiger partial charge is 0.396 e. The molecule has 0 bridgehead atoms. The van der Waals surface area contributed by atoms with Gasteiger partial charge in [-0.15, -0.1) is 0 Å². The van der Waals surface area contributed by atoms with Gasteiger partial charge in [0.25, 0.3) is 0 Å². The van der Waals surface area contributed by atoms with E-state index < -0.39 is 0 Å². The van der Waals surface area contributed by atoms with Gasteiger partial charge in [0.2, 0.25) is 5.91 Å². The van der Waals surface area contributed by atoms with E-state index >= 15 is 0 Å². The van der Waals surface area contributed by atoms with Crippen LogP contribution in [-0.2, 0) is 4.79 Å². The lowest BCUT2D eigenvalue weighted by molar-refractivity contribution is -0.134. The summed E-state index contributed by atoms with van der Waals surface area (Å²) in [6.45, 7) is 9.62. The number of aliphatic hydroxyl groups is 1. The van der Waals surface area contributed by atoms with Crippen molar-refractivity contribution in [1.29, 1.82) is 0 Å². The summed E-state index contributed by atoms with van der Waals surface area (Å²) in [5.74, 6) is 0.762. The predicted octanol–water partition coefficient (Wildman–Crippen LogP) is 2.82. The Labute approximate surface area is 106 Å². The van der Waals surface area contributed by atoms with E-state index in [1.165, 1.54) is 0 Å². The molecule has 0 rings (SSSR count). The first-order valence-electron chi connectivity index (χ1n) is 6.97. The van der Waals surface area contributed by atoms with Crippen molar-refractivity contribution in [3.63, 3.8) is 0 Å². The Morgan fingerprint density at radius 1 is 1.18 bits per heavy atom. The normalized spacial score (nSPS) is 11.2. The third-order valence-corrected chi connectivity index (χ3v) is 3.06. The van der Waals surface area contributed by atoms with Gasteiger partial charge in [-0.1, -0.05) is 27.7 Å². The molecule has 0 fully saturated rings. The second-order valence-corrected chi connectivity index (χ2v) is 5.09. The summed E-state index contributed by atoms with van der Waals surface area (Å²) < 4.78 is 0. The van der Waals surface area contributed by atoms with Gasteiger partial charge in [-0.2, -0.15) is 0 Å². The quantitative estimate of drug-likeness (QED) is 0.633. The smallest absolute Gasteiger partial charge is 0.222 e. The molecule has 0 atom stereocenters. The van der Waals surface area contributed by atoms with Crippen LogP contribution in [-0.4, -0.2) is 35.1 Å². The van der Waals surface area contributed by atoms with Crippen LogP contribution in [0.4, 0.5) is 0 Å². The molecule has 3 nitrogen and oxygen atoms in total. The van der Waals surface area contributed by atoms with Gasteiger partial charge in [0.1, 0.15) is 0 Å². The Hall–Kier alpha value is -0.570. The Morgan fingerprint density at radius 3 is 2.18 bits per heavy atom. The van der Waals surface area contributed by atoms with Gasteiger partial charge in [-0.05, 0) is 31.6 Å². The van der Waals surface area contributed by atoms with Crippen LogP contribution in [0.5, 0.6) is 0 Å². The summed E-state index contributed by atoms with van der Waals surface area (Å²) in [5.41, 5.74) is 0. The Kier molecular flexibility index (Phi) is 9.14. The minimum absolute atomic E-state index is 0.183. The van der Waals surface area contributed by atoms with E-state index in [9.17, 15) is 4.79 Å². The highest BCUT2D eigenvalue weighted by Crippen LogP contribution is 2.14. The van der Waals surface area contributed by atoms with Gasteiger partial charge in [0.05, 0.1) is 0 Å². The number of carbonyl (C=O) groups excluding carboxylic acids is 1. The second-order valence-electron chi connectivity index (χ2n) is 5.09. The van der Waals surface area contributed by atoms with E-state index in [0.29, 0.717) is 18.4 Å². The summed E-state index contributed by atoms with van der Waals surface area (Å²) in [6.07, 6.45) is 4.14. The van der Waals surface area contributed by atoms with Crippen molar-refractivity contribution in [3.8, 4) is 0 Å². The Morgan fingerprint density at radius 2 is 1.76 bits per heavy atom. The molecule has 3 heteroatoms. The lowest BCUT2D eigenvalue weighted by atomic mass is 10.1. The van der Waals surface area contributed by atoms with Gasteiger partial charge in [0, 0.05) is 25.6 Å². The molecule has 0 aromatic rings. The molecule has 0 aliphatic heterocycles. The molecule has 0 saturated heterocycles. The summed E-state index contributed by atoms with van der Waals surface area (Å²) in [5, 5.41) is 8.74. The molecule has 0 aliphatic carbocycles. The maximum atomic E-state index is 12.2. The molecule has 17 heavy (non-hydrogen) atoms. The SMILES string of the molecule is CCC(CC)N(CC(C)C)C(=O)CCCCO. The van der Waals surface area contributed by atoms with Gasteiger partial charge in [0.15, 0.2) is 0 Å². The first kappa shape index (κ1) is 16.4. The van der Waals surface area contributed by atoms with Gasteiger partial charge in [-0.25, -0.2) is 0 Å². The van der Waals surface area contributed by atoms with Crippen molar-refractivity contribution < 1.29 is 9.90 Å². The van der Waals surface area contributed by atoms with Crippen LogP contribution < -0.4 is 0 Å². The highest BCUT2D eigenvalue weighted by Gasteiger charge is 2.21. The van der Waals surface area contributed by atoms with E-state index in [0.717, 1.165) is 32.2 Å². The molecule has 0 aromatic carbocycles. The molecular weight excluding hydrogens is 214 g/mol. The fraction of sp³-hybridized carbons (Fsp3) is 0.929. The number of hydrogen-bond acceptors (Lipinski definition) is 2. The topological polar surface area (TPSA) is 40.5 Å². The zero-order chi connectivity index (χ0) is 13.3. The third kappa shape index (κ3) is 6.67. The lowest BCUT2D eigenvalue weighted by Gasteiger charge is -2.32. The summed E-state index contributed by atoms with van der Waals surface area (Å²) in [6, 6.07) is 0.374. The third-order valence-electron chi connectivity index (χ3n) is 3.06. The van der Waals surface area contributed by atoms with E-state index in [4.69, 9.17) is 5.11 Å². The fourth-order valence-electron chi connectivity index (χ4n) is 2.11. The van der Waals surface area contributed by atoms with Gasteiger partial charge in [-0.3, -0.25) is 4.79 Å². The molecule has 1 amide bonds. The number of carbonyl (C=O) groups is 1. The number of hydrogen-bond donors (Lipinski definition) is 1. The number of nitrogens with zero attached hydrogens (tertiary/aromatic N) is 1. The molecule has 0 radical (unpaired) electrons. The number of unbranched alkanes of at least 4 members (excludes halogenated alkanes) is 1. The molecule has 102 valence electrons. The molecule has 0 aromatic heterocycles. The first-order chi connectivity index (χ1) is 8.06. The van der Waals surface area contributed by atoms with Crippen LogP contribution in [0.25, 0.3) is 0 Å². The number of rotatable bonds is 9. The highest BCUT2D eigenvalue weighted by molar-refractivity contribution is 5.76. The highest BCUT2D eigenvalue weighted by atomic mass is 16.3. The van der Waals surface area contributed by atoms with Crippen molar-refractivity contribution in [2.75, 3.05) is 13.2 Å². The average Bonchev–Trinajstić information content (AvgIpc) is 2.29. The minimum atomic E-state index is 0.183. The summed E-state index contributed by atoms with van der Waals surface area (Å²) in [4.78, 5) is 14.2. The van der Waals surface area contributed by atoms with Crippen LogP contribution in [0.2, 0.25) is 0 Å². The van der Waals surface area contributed by atoms with Crippen molar-refractivity contribution in [3.05, 3.63) is 0 Å². The van der Waals surface area contributed by atoms with Gasteiger partial charge < -0.3 is 10.0 Å². The molecule has 0 saturated carbocycles. The maximum Gasteiger partial charge on any atom is 0.222 e. The standard InChI is InChI=1S/C14H29NO2/c1-5-13(6-2)15(11-12(3)4)14(17)9-7-8-10-16/h12-13,16H,5-11H2,1-4H3. The summed E-state index contributed by atoms with van der Waals surface area (Å²) in [7, 11) is 0. The molecular formula is C14H29NO2. The van der Waals surface area contributed by atoms with E-state index in [1.54, 1.807) is 0 Å². The van der Waals surface area contributed by atoms with Crippen molar-refractivity contribution in [2.45, 2.75) is 65.8 Å². The van der Waals surface area contributed by atoms with Crippen LogP contribution in [0.1, 0.15) is 59.8 Å². The zero-order valence-electron chi connectivity index (χ0n) is 11.9. The Balaban J connectivity index is 4.38. The van der Waals surface area contributed by atoms with E-state index in [-0.39, 0.29) is 12.5 Å². The van der Waals surface area contributed by atoms with Crippen LogP contribution in [0, 0.1) is 5.92 Å². The lowest BCUT2D eigenvalue weighted by Crippen LogP contribution is -2.41. The van der Waals surface area contributed by atoms with Gasteiger partial charge >= 0.3 is 0 Å². The predicted molar refractivity (Wildman–Crippen MR) is 71.9 cm³/mol. The van der Waals surface area contributed by atoms with Crippen molar-refractivity contribution in [2.24, 2.45) is 5.92 Å². The number of aliphatic hydroxyl groups excluding tert-OH is 1. The van der Waals surface area contributed by atoms with E-state index in [1.807, 2.05) is 4.90 Å². The Bertz CT molecular complexity index is 200. The van der Waals surface area contributed by atoms with Crippen LogP contribution in [0.3, 0.4) is 0 Å². The molecule has 0 unspecified atom stereocenters. The van der Waals surface area contributed by atoms with Crippen LogP contribution in [0.15, 0.2) is 0 Å². The zero-order valence-corrected chi connectivity index (χ0v) is 11.9. The molecule has 0 heterocycles. The molecule has 0 spiro atoms. The van der Waals surface area contributed by atoms with Crippen LogP contribution >= 0.6 is 0 Å². The monoisotopic (exact) mass is 243 g/mol. The summed E-state index contributed by atoms with van der Waals surface area (Å²) >= 11 is 0.